The fraction of sp³-hybridized carbons (Fsp3) is 1.00. The minimum Gasteiger partial charge on any atom is -0.0891 e. The Bertz CT molecular complexity index is 104. The van der Waals surface area contributed by atoms with Crippen molar-refractivity contribution in [1.82, 2.24) is 0 Å². The second kappa shape index (κ2) is 7.84. The molecule has 0 saturated heterocycles. The van der Waals surface area contributed by atoms with E-state index in [2.05, 4.69) is 22.9 Å². The van der Waals surface area contributed by atoms with Crippen molar-refractivity contribution < 1.29 is 0 Å². The van der Waals surface area contributed by atoms with E-state index in [0.717, 1.165) is 10.7 Å². The summed E-state index contributed by atoms with van der Waals surface area (Å²) in [5.74, 6) is 1.06. The van der Waals surface area contributed by atoms with Gasteiger partial charge < -0.3 is 0 Å². The van der Waals surface area contributed by atoms with E-state index in [1.165, 1.54) is 51.4 Å². The zero-order valence-electron chi connectivity index (χ0n) is 8.19. The molecule has 1 fully saturated rings. The fourth-order valence-electron chi connectivity index (χ4n) is 2.09. The number of unbranched alkanes of at least 4 members (excludes halogenated alkanes) is 2. The van der Waals surface area contributed by atoms with Crippen molar-refractivity contribution in [2.24, 2.45) is 5.92 Å². The molecule has 0 aromatic carbocycles. The van der Waals surface area contributed by atoms with Gasteiger partial charge in [-0.15, -0.1) is 0 Å². The smallest absolute Gasteiger partial charge is 0.0146 e. The van der Waals surface area contributed by atoms with Crippen LogP contribution in [0.2, 0.25) is 0 Å². The lowest BCUT2D eigenvalue weighted by molar-refractivity contribution is 0.337. The Hall–Kier alpha value is 0.480. The predicted molar refractivity (Wildman–Crippen MR) is 65.5 cm³/mol. The van der Waals surface area contributed by atoms with Gasteiger partial charge in [-0.05, 0) is 31.6 Å². The molecule has 0 aromatic rings. The first-order valence-corrected chi connectivity index (χ1v) is 6.38. The van der Waals surface area contributed by atoms with Crippen LogP contribution in [0.4, 0.5) is 0 Å². The third-order valence-corrected chi connectivity index (χ3v) is 3.91. The highest BCUT2D eigenvalue weighted by Gasteiger charge is 2.18. The van der Waals surface area contributed by atoms with Gasteiger partial charge in [-0.1, -0.05) is 56.0 Å². The number of hydrogen-bond acceptors (Lipinski definition) is 0. The van der Waals surface area contributed by atoms with Gasteiger partial charge in [0.25, 0.3) is 0 Å². The molecule has 0 heterocycles. The van der Waals surface area contributed by atoms with Gasteiger partial charge >= 0.3 is 0 Å². The van der Waals surface area contributed by atoms with Gasteiger partial charge in [0.2, 0.25) is 0 Å². The Balaban J connectivity index is 0.00000144. The van der Waals surface area contributed by atoms with Gasteiger partial charge in [0.15, 0.2) is 0 Å². The van der Waals surface area contributed by atoms with Crippen LogP contribution >= 0.6 is 15.9 Å². The molecule has 0 spiro atoms. The van der Waals surface area contributed by atoms with E-state index >= 15 is 0 Å². The summed E-state index contributed by atoms with van der Waals surface area (Å²) in [6, 6.07) is 0. The van der Waals surface area contributed by atoms with Crippen LogP contribution in [-0.4, -0.2) is 4.83 Å². The Morgan fingerprint density at radius 2 is 1.69 bits per heavy atom. The molecule has 0 nitrogen and oxygen atoms in total. The molecule has 0 atom stereocenters. The average Bonchev–Trinajstić information content (AvgIpc) is 2.09. The standard InChI is InChI=1S/C11H21Br.CH4/c1-2-3-4-5-10-6-8-11(12)9-7-10;/h10-11H,2-9H2,1H3;1H4/t10-,11-;. The molecule has 0 radical (unpaired) electrons. The maximum atomic E-state index is 3.70. The third-order valence-electron chi connectivity index (χ3n) is 2.99. The molecule has 0 unspecified atom stereocenters. The third kappa shape index (κ3) is 5.72. The summed E-state index contributed by atoms with van der Waals surface area (Å²) in [5, 5.41) is 0. The van der Waals surface area contributed by atoms with E-state index in [-0.39, 0.29) is 7.43 Å². The van der Waals surface area contributed by atoms with Crippen molar-refractivity contribution in [2.75, 3.05) is 0 Å². The average molecular weight is 249 g/mol. The molecule has 1 aliphatic rings. The molecule has 0 aromatic heterocycles. The summed E-state index contributed by atoms with van der Waals surface area (Å²) in [6.07, 6.45) is 11.5. The van der Waals surface area contributed by atoms with Crippen LogP contribution in [0.25, 0.3) is 0 Å². The van der Waals surface area contributed by atoms with E-state index in [1.807, 2.05) is 0 Å². The molecule has 80 valence electrons. The molecule has 1 rings (SSSR count). The zero-order chi connectivity index (χ0) is 8.81. The van der Waals surface area contributed by atoms with E-state index in [4.69, 9.17) is 0 Å². The SMILES string of the molecule is C.CCCCC[C@H]1CC[C@H](Br)CC1. The van der Waals surface area contributed by atoms with Crippen molar-refractivity contribution in [1.29, 1.82) is 0 Å². The number of rotatable bonds is 4. The normalized spacial score (nSPS) is 28.2. The monoisotopic (exact) mass is 248 g/mol. The molecule has 1 aliphatic carbocycles. The second-order valence-corrected chi connectivity index (χ2v) is 5.41. The largest absolute Gasteiger partial charge is 0.0891 e. The van der Waals surface area contributed by atoms with Gasteiger partial charge in [-0.2, -0.15) is 0 Å². The Morgan fingerprint density at radius 3 is 2.23 bits per heavy atom. The van der Waals surface area contributed by atoms with Crippen molar-refractivity contribution in [2.45, 2.75) is 70.5 Å². The number of halogens is 1. The minimum absolute atomic E-state index is 0. The van der Waals surface area contributed by atoms with Crippen LogP contribution in [-0.2, 0) is 0 Å². The Morgan fingerprint density at radius 1 is 1.08 bits per heavy atom. The maximum Gasteiger partial charge on any atom is 0.0146 e. The van der Waals surface area contributed by atoms with Crippen molar-refractivity contribution >= 4 is 15.9 Å². The highest BCUT2D eigenvalue weighted by molar-refractivity contribution is 9.09. The molecular formula is C12H25Br. The quantitative estimate of drug-likeness (QED) is 0.477. The second-order valence-electron chi connectivity index (χ2n) is 4.11. The summed E-state index contributed by atoms with van der Waals surface area (Å²) >= 11 is 3.70. The number of hydrogen-bond donors (Lipinski definition) is 0. The van der Waals surface area contributed by atoms with Crippen molar-refractivity contribution in [3.63, 3.8) is 0 Å². The van der Waals surface area contributed by atoms with E-state index in [1.54, 1.807) is 0 Å². The van der Waals surface area contributed by atoms with Crippen LogP contribution in [0.5, 0.6) is 0 Å². The van der Waals surface area contributed by atoms with E-state index in [0.29, 0.717) is 0 Å². The summed E-state index contributed by atoms with van der Waals surface area (Å²) in [5.41, 5.74) is 0. The van der Waals surface area contributed by atoms with Crippen molar-refractivity contribution in [3.05, 3.63) is 0 Å². The Kier molecular flexibility index (Phi) is 8.13. The zero-order valence-corrected chi connectivity index (χ0v) is 9.78. The highest BCUT2D eigenvalue weighted by atomic mass is 79.9. The molecule has 0 bridgehead atoms. The van der Waals surface area contributed by atoms with Gasteiger partial charge in [0.05, 0.1) is 0 Å². The molecular weight excluding hydrogens is 224 g/mol. The van der Waals surface area contributed by atoms with Crippen LogP contribution in [0.1, 0.15) is 65.7 Å². The molecule has 1 saturated carbocycles. The number of alkyl halides is 1. The van der Waals surface area contributed by atoms with Gasteiger partial charge in [-0.25, -0.2) is 0 Å². The van der Waals surface area contributed by atoms with Gasteiger partial charge in [0.1, 0.15) is 0 Å². The van der Waals surface area contributed by atoms with Crippen LogP contribution < -0.4 is 0 Å². The predicted octanol–water partition coefficient (Wildman–Crippen LogP) is 5.16. The molecule has 0 amide bonds. The maximum absolute atomic E-state index is 3.70. The summed E-state index contributed by atoms with van der Waals surface area (Å²) in [4.78, 5) is 0.833. The summed E-state index contributed by atoms with van der Waals surface area (Å²) in [7, 11) is 0. The van der Waals surface area contributed by atoms with E-state index in [9.17, 15) is 0 Å². The lowest BCUT2D eigenvalue weighted by Crippen LogP contribution is -2.13. The summed E-state index contributed by atoms with van der Waals surface area (Å²) < 4.78 is 0. The first kappa shape index (κ1) is 13.5. The summed E-state index contributed by atoms with van der Waals surface area (Å²) in [6.45, 7) is 2.29. The van der Waals surface area contributed by atoms with Gasteiger partial charge in [0, 0.05) is 4.83 Å². The molecule has 13 heavy (non-hydrogen) atoms. The first-order chi connectivity index (χ1) is 5.83. The van der Waals surface area contributed by atoms with Gasteiger partial charge in [-0.3, -0.25) is 0 Å². The lowest BCUT2D eigenvalue weighted by atomic mass is 9.85. The first-order valence-electron chi connectivity index (χ1n) is 5.47. The molecule has 0 N–H and O–H groups in total. The lowest BCUT2D eigenvalue weighted by Gasteiger charge is -2.24. The molecule has 0 aliphatic heterocycles. The molecule has 1 heteroatoms. The van der Waals surface area contributed by atoms with Crippen molar-refractivity contribution in [3.8, 4) is 0 Å². The Labute approximate surface area is 92.6 Å². The fourth-order valence-corrected chi connectivity index (χ4v) is 2.62. The highest BCUT2D eigenvalue weighted by Crippen LogP contribution is 2.31. The van der Waals surface area contributed by atoms with Crippen LogP contribution in [0.15, 0.2) is 0 Å². The topological polar surface area (TPSA) is 0 Å². The van der Waals surface area contributed by atoms with E-state index < -0.39 is 0 Å². The van der Waals surface area contributed by atoms with Crippen LogP contribution in [0, 0.1) is 5.92 Å². The minimum atomic E-state index is 0. The van der Waals surface area contributed by atoms with Crippen LogP contribution in [0.3, 0.4) is 0 Å².